The summed E-state index contributed by atoms with van der Waals surface area (Å²) in [5.41, 5.74) is 33.7. The Morgan fingerprint density at radius 3 is 1.09 bits per heavy atom. The Labute approximate surface area is 382 Å². The number of anilines is 4. The van der Waals surface area contributed by atoms with E-state index in [9.17, 15) is 0 Å². The topological polar surface area (TPSA) is 141 Å². The summed E-state index contributed by atoms with van der Waals surface area (Å²) >= 11 is 0. The van der Waals surface area contributed by atoms with Crippen molar-refractivity contribution >= 4 is 22.7 Å². The molecular weight excluding hydrogens is 805 g/mol. The fourth-order valence-electron chi connectivity index (χ4n) is 8.56. The first-order valence-corrected chi connectivity index (χ1v) is 21.8. The van der Waals surface area contributed by atoms with E-state index in [0.29, 0.717) is 45.7 Å². The Balaban J connectivity index is 1.19. The molecule has 0 fully saturated rings. The van der Waals surface area contributed by atoms with Crippen molar-refractivity contribution in [2.75, 3.05) is 22.9 Å². The molecule has 0 aliphatic carbocycles. The highest BCUT2D eigenvalue weighted by atomic mass is 16.5. The van der Waals surface area contributed by atoms with Gasteiger partial charge in [-0.3, -0.25) is 0 Å². The number of rotatable bonds is 15. The lowest BCUT2D eigenvalue weighted by Crippen LogP contribution is -2.31. The minimum Gasteiger partial charge on any atom is -0.457 e. The average molecular weight is 861 g/mol. The van der Waals surface area contributed by atoms with E-state index in [4.69, 9.17) is 41.9 Å². The van der Waals surface area contributed by atoms with Crippen LogP contribution in [0, 0.1) is 20.8 Å². The van der Waals surface area contributed by atoms with Crippen molar-refractivity contribution in [3.8, 4) is 46.0 Å². The third-order valence-electron chi connectivity index (χ3n) is 12.4. The zero-order valence-corrected chi connectivity index (χ0v) is 37.6. The molecule has 8 rings (SSSR count). The number of hydrogen-bond acceptors (Lipinski definition) is 8. The standard InChI is InChI=1S/C57H56N4O4/c1-37-30-42(22-27-54(37)64-52-16-8-12-46(60)35-52)56(4,40-18-23-48(24-19-40)62-50-14-6-10-44(58)33-50)28-29-57(5,41-20-25-49(26-21-41)63-51-15-7-11-45(59)34-51)43-31-38(2)55(39(3)32-43)65-53-17-9-13-47(61)36-53/h6-27,30-36H,28-29,58-61H2,1-5H3. The van der Waals surface area contributed by atoms with Gasteiger partial charge in [0.2, 0.25) is 0 Å². The van der Waals surface area contributed by atoms with Crippen LogP contribution in [0.1, 0.15) is 65.6 Å². The van der Waals surface area contributed by atoms with Crippen LogP contribution < -0.4 is 41.9 Å². The van der Waals surface area contributed by atoms with E-state index in [1.165, 1.54) is 5.56 Å². The van der Waals surface area contributed by atoms with Gasteiger partial charge >= 0.3 is 0 Å². The first-order valence-electron chi connectivity index (χ1n) is 21.8. The minimum atomic E-state index is -0.468. The van der Waals surface area contributed by atoms with Gasteiger partial charge in [0, 0.05) is 57.8 Å². The van der Waals surface area contributed by atoms with Crippen molar-refractivity contribution in [3.63, 3.8) is 0 Å². The summed E-state index contributed by atoms with van der Waals surface area (Å²) < 4.78 is 25.4. The molecule has 0 bridgehead atoms. The minimum absolute atomic E-state index is 0.464. The third-order valence-corrected chi connectivity index (χ3v) is 12.4. The van der Waals surface area contributed by atoms with E-state index >= 15 is 0 Å². The molecule has 2 unspecified atom stereocenters. The quantitative estimate of drug-likeness (QED) is 0.0747. The molecule has 0 aromatic heterocycles. The second-order valence-corrected chi connectivity index (χ2v) is 17.3. The number of aryl methyl sites for hydroxylation is 3. The highest BCUT2D eigenvalue weighted by molar-refractivity contribution is 5.55. The summed E-state index contributed by atoms with van der Waals surface area (Å²) in [6.07, 6.45) is 1.55. The van der Waals surface area contributed by atoms with Gasteiger partial charge in [0.1, 0.15) is 46.0 Å². The molecule has 0 radical (unpaired) electrons. The number of nitrogen functional groups attached to an aromatic ring is 4. The van der Waals surface area contributed by atoms with Crippen LogP contribution in [0.15, 0.2) is 176 Å². The zero-order valence-electron chi connectivity index (χ0n) is 37.6. The molecule has 0 amide bonds. The molecule has 0 aliphatic heterocycles. The predicted octanol–water partition coefficient (Wildman–Crippen LogP) is 14.2. The lowest BCUT2D eigenvalue weighted by Gasteiger charge is -2.38. The third kappa shape index (κ3) is 10.0. The molecule has 328 valence electrons. The summed E-state index contributed by atoms with van der Waals surface area (Å²) in [5.74, 6) is 5.78. The Bertz CT molecular complexity index is 2930. The van der Waals surface area contributed by atoms with Gasteiger partial charge in [0.05, 0.1) is 0 Å². The summed E-state index contributed by atoms with van der Waals surface area (Å²) in [4.78, 5) is 0. The molecule has 8 nitrogen and oxygen atoms in total. The van der Waals surface area contributed by atoms with Gasteiger partial charge in [-0.15, -0.1) is 0 Å². The van der Waals surface area contributed by atoms with Crippen molar-refractivity contribution in [2.24, 2.45) is 0 Å². The average Bonchev–Trinajstić information content (AvgIpc) is 3.28. The first kappa shape index (κ1) is 43.8. The number of nitrogens with two attached hydrogens (primary N) is 4. The maximum absolute atomic E-state index is 6.48. The zero-order chi connectivity index (χ0) is 45.7. The molecule has 0 saturated heterocycles. The fourth-order valence-corrected chi connectivity index (χ4v) is 8.56. The van der Waals surface area contributed by atoms with E-state index in [2.05, 4.69) is 89.2 Å². The van der Waals surface area contributed by atoms with Gasteiger partial charge in [0.25, 0.3) is 0 Å². The van der Waals surface area contributed by atoms with Crippen molar-refractivity contribution in [1.82, 2.24) is 0 Å². The van der Waals surface area contributed by atoms with E-state index < -0.39 is 10.8 Å². The van der Waals surface area contributed by atoms with Gasteiger partial charge in [-0.1, -0.05) is 86.6 Å². The summed E-state index contributed by atoms with van der Waals surface area (Å²) in [5, 5.41) is 0. The van der Waals surface area contributed by atoms with Crippen LogP contribution in [0.25, 0.3) is 0 Å². The molecule has 8 aromatic rings. The van der Waals surface area contributed by atoms with E-state index in [1.54, 1.807) is 0 Å². The maximum atomic E-state index is 6.48. The van der Waals surface area contributed by atoms with Crippen LogP contribution in [0.4, 0.5) is 22.7 Å². The van der Waals surface area contributed by atoms with E-state index in [0.717, 1.165) is 69.2 Å². The van der Waals surface area contributed by atoms with Crippen LogP contribution in [-0.2, 0) is 10.8 Å². The molecule has 0 spiro atoms. The predicted molar refractivity (Wildman–Crippen MR) is 266 cm³/mol. The second kappa shape index (κ2) is 18.5. The van der Waals surface area contributed by atoms with Gasteiger partial charge < -0.3 is 41.9 Å². The van der Waals surface area contributed by atoms with E-state index in [1.807, 2.05) is 121 Å². The van der Waals surface area contributed by atoms with Gasteiger partial charge in [-0.2, -0.15) is 0 Å². The number of benzene rings is 8. The highest BCUT2D eigenvalue weighted by Crippen LogP contribution is 2.47. The van der Waals surface area contributed by atoms with Gasteiger partial charge in [0.15, 0.2) is 0 Å². The molecule has 8 aromatic carbocycles. The fraction of sp³-hybridized carbons (Fsp3) is 0.158. The number of ether oxygens (including phenoxy) is 4. The lowest BCUT2D eigenvalue weighted by molar-refractivity contribution is 0.410. The van der Waals surface area contributed by atoms with Crippen molar-refractivity contribution < 1.29 is 18.9 Å². The lowest BCUT2D eigenvalue weighted by atomic mass is 9.65. The molecule has 65 heavy (non-hydrogen) atoms. The van der Waals surface area contributed by atoms with Crippen LogP contribution >= 0.6 is 0 Å². The monoisotopic (exact) mass is 860 g/mol. The smallest absolute Gasteiger partial charge is 0.133 e. The molecule has 8 N–H and O–H groups in total. The molecule has 0 aliphatic rings. The molecule has 2 atom stereocenters. The Morgan fingerprint density at radius 2 is 0.692 bits per heavy atom. The van der Waals surface area contributed by atoms with Crippen molar-refractivity contribution in [2.45, 2.75) is 58.3 Å². The van der Waals surface area contributed by atoms with Gasteiger partial charge in [-0.05, 0) is 151 Å². The first-order chi connectivity index (χ1) is 31.2. The molecular formula is C57H56N4O4. The van der Waals surface area contributed by atoms with Crippen LogP contribution in [-0.4, -0.2) is 0 Å². The van der Waals surface area contributed by atoms with Gasteiger partial charge in [-0.25, -0.2) is 0 Å². The second-order valence-electron chi connectivity index (χ2n) is 17.3. The SMILES string of the molecule is Cc1cc(C(C)(CCC(C)(c2ccc(Oc3cccc(N)c3)cc2)c2cc(C)c(Oc3cccc(N)c3)c(C)c2)c2ccc(Oc3cccc(N)c3)cc2)ccc1Oc1cccc(N)c1. The van der Waals surface area contributed by atoms with Crippen LogP contribution in [0.2, 0.25) is 0 Å². The molecule has 0 heterocycles. The molecule has 0 saturated carbocycles. The summed E-state index contributed by atoms with van der Waals surface area (Å²) in [6.45, 7) is 11.0. The largest absolute Gasteiger partial charge is 0.457 e. The highest BCUT2D eigenvalue weighted by Gasteiger charge is 2.37. The molecule has 8 heteroatoms. The van der Waals surface area contributed by atoms with E-state index in [-0.39, 0.29) is 0 Å². The van der Waals surface area contributed by atoms with Crippen LogP contribution in [0.3, 0.4) is 0 Å². The summed E-state index contributed by atoms with van der Waals surface area (Å²) in [6, 6.07) is 57.8. The Kier molecular flexibility index (Phi) is 12.5. The Morgan fingerprint density at radius 1 is 0.338 bits per heavy atom. The normalized spacial score (nSPS) is 13.0. The Hall–Kier alpha value is -7.84. The summed E-state index contributed by atoms with van der Waals surface area (Å²) in [7, 11) is 0. The number of hydrogen-bond donors (Lipinski definition) is 4. The maximum Gasteiger partial charge on any atom is 0.133 e. The van der Waals surface area contributed by atoms with Crippen molar-refractivity contribution in [3.05, 3.63) is 215 Å². The van der Waals surface area contributed by atoms with Crippen molar-refractivity contribution in [1.29, 1.82) is 0 Å². The van der Waals surface area contributed by atoms with Crippen LogP contribution in [0.5, 0.6) is 46.0 Å².